The maximum absolute atomic E-state index is 12.8. The van der Waals surface area contributed by atoms with Gasteiger partial charge in [0.1, 0.15) is 0 Å². The predicted octanol–water partition coefficient (Wildman–Crippen LogP) is 4.05. The van der Waals surface area contributed by atoms with Gasteiger partial charge in [-0.2, -0.15) is 18.3 Å². The van der Waals surface area contributed by atoms with E-state index in [1.807, 2.05) is 0 Å². The lowest BCUT2D eigenvalue weighted by molar-refractivity contribution is -0.137. The number of amides is 1. The molecule has 2 aromatic carbocycles. The van der Waals surface area contributed by atoms with Crippen LogP contribution in [0.25, 0.3) is 0 Å². The normalized spacial score (nSPS) is 11.7. The van der Waals surface area contributed by atoms with Crippen LogP contribution >= 0.6 is 11.6 Å². The minimum Gasteiger partial charge on any atom is -0.273 e. The number of carbonyl (C=O) groups excluding carboxylic acids is 1. The third-order valence-electron chi connectivity index (χ3n) is 2.94. The zero-order valence-electron chi connectivity index (χ0n) is 11.8. The number of benzene rings is 2. The first-order chi connectivity index (χ1) is 10.9. The Morgan fingerprint density at radius 3 is 2.43 bits per heavy atom. The highest BCUT2D eigenvalue weighted by molar-refractivity contribution is 6.30. The van der Waals surface area contributed by atoms with Crippen LogP contribution in [0.4, 0.5) is 13.2 Å². The van der Waals surface area contributed by atoms with E-state index in [0.29, 0.717) is 5.02 Å². The van der Waals surface area contributed by atoms with Crippen molar-refractivity contribution in [1.29, 1.82) is 0 Å². The number of nitrogens with one attached hydrogen (secondary N) is 1. The number of hydrazone groups is 1. The highest BCUT2D eigenvalue weighted by atomic mass is 35.5. The summed E-state index contributed by atoms with van der Waals surface area (Å²) < 4.78 is 38.4. The Balaban J connectivity index is 1.99. The van der Waals surface area contributed by atoms with Crippen LogP contribution in [-0.2, 0) is 17.4 Å². The van der Waals surface area contributed by atoms with Gasteiger partial charge in [0.2, 0.25) is 5.91 Å². The van der Waals surface area contributed by atoms with Crippen LogP contribution in [0.3, 0.4) is 0 Å². The number of rotatable bonds is 4. The monoisotopic (exact) mass is 340 g/mol. The SMILES string of the molecule is O=C(Cc1ccc(Cl)cc1)NN=Cc1ccccc1C(F)(F)F. The molecular weight excluding hydrogens is 329 g/mol. The molecule has 0 fully saturated rings. The van der Waals surface area contributed by atoms with E-state index in [4.69, 9.17) is 11.6 Å². The zero-order chi connectivity index (χ0) is 16.9. The lowest BCUT2D eigenvalue weighted by Crippen LogP contribution is -2.20. The van der Waals surface area contributed by atoms with Crippen LogP contribution in [-0.4, -0.2) is 12.1 Å². The van der Waals surface area contributed by atoms with Gasteiger partial charge in [-0.25, -0.2) is 5.43 Å². The number of halogens is 4. The second-order valence-electron chi connectivity index (χ2n) is 4.68. The first-order valence-corrected chi connectivity index (χ1v) is 6.96. The van der Waals surface area contributed by atoms with E-state index in [0.717, 1.165) is 17.8 Å². The van der Waals surface area contributed by atoms with Crippen LogP contribution in [0, 0.1) is 0 Å². The Labute approximate surface area is 135 Å². The maximum Gasteiger partial charge on any atom is 0.417 e. The second-order valence-corrected chi connectivity index (χ2v) is 5.12. The van der Waals surface area contributed by atoms with Gasteiger partial charge in [-0.1, -0.05) is 41.9 Å². The molecule has 0 heterocycles. The molecule has 23 heavy (non-hydrogen) atoms. The van der Waals surface area contributed by atoms with Gasteiger partial charge in [0, 0.05) is 10.6 Å². The molecule has 0 aliphatic carbocycles. The Kier molecular flexibility index (Phi) is 5.39. The molecule has 120 valence electrons. The van der Waals surface area contributed by atoms with Crippen molar-refractivity contribution in [1.82, 2.24) is 5.43 Å². The second kappa shape index (κ2) is 7.28. The third-order valence-corrected chi connectivity index (χ3v) is 3.19. The molecule has 0 atom stereocenters. The van der Waals surface area contributed by atoms with E-state index in [1.165, 1.54) is 18.2 Å². The topological polar surface area (TPSA) is 41.5 Å². The molecule has 1 amide bonds. The van der Waals surface area contributed by atoms with Crippen molar-refractivity contribution < 1.29 is 18.0 Å². The van der Waals surface area contributed by atoms with E-state index in [1.54, 1.807) is 24.3 Å². The van der Waals surface area contributed by atoms with Gasteiger partial charge in [0.25, 0.3) is 0 Å². The van der Waals surface area contributed by atoms with Crippen molar-refractivity contribution in [2.75, 3.05) is 0 Å². The van der Waals surface area contributed by atoms with Gasteiger partial charge in [-0.15, -0.1) is 0 Å². The molecule has 3 nitrogen and oxygen atoms in total. The van der Waals surface area contributed by atoms with Crippen LogP contribution in [0.2, 0.25) is 5.02 Å². The molecular formula is C16H12ClF3N2O. The van der Waals surface area contributed by atoms with E-state index >= 15 is 0 Å². The summed E-state index contributed by atoms with van der Waals surface area (Å²) in [6.45, 7) is 0. The summed E-state index contributed by atoms with van der Waals surface area (Å²) in [5.74, 6) is -0.437. The summed E-state index contributed by atoms with van der Waals surface area (Å²) in [5, 5.41) is 4.13. The molecule has 1 N–H and O–H groups in total. The van der Waals surface area contributed by atoms with Gasteiger partial charge in [0.05, 0.1) is 18.2 Å². The van der Waals surface area contributed by atoms with Crippen LogP contribution in [0.1, 0.15) is 16.7 Å². The molecule has 0 aromatic heterocycles. The summed E-state index contributed by atoms with van der Waals surface area (Å²) in [4.78, 5) is 11.7. The van der Waals surface area contributed by atoms with Crippen molar-refractivity contribution >= 4 is 23.7 Å². The molecule has 0 bridgehead atoms. The average Bonchev–Trinajstić information content (AvgIpc) is 2.49. The highest BCUT2D eigenvalue weighted by Gasteiger charge is 2.32. The number of hydrogen-bond donors (Lipinski definition) is 1. The highest BCUT2D eigenvalue weighted by Crippen LogP contribution is 2.30. The average molecular weight is 341 g/mol. The molecule has 0 unspecified atom stereocenters. The van der Waals surface area contributed by atoms with E-state index in [-0.39, 0.29) is 12.0 Å². The molecule has 0 aliphatic heterocycles. The summed E-state index contributed by atoms with van der Waals surface area (Å²) in [7, 11) is 0. The fraction of sp³-hybridized carbons (Fsp3) is 0.125. The number of carbonyl (C=O) groups is 1. The molecule has 2 aromatic rings. The molecule has 2 rings (SSSR count). The van der Waals surface area contributed by atoms with Gasteiger partial charge in [-0.05, 0) is 23.8 Å². The minimum absolute atomic E-state index is 0.0510. The van der Waals surface area contributed by atoms with Gasteiger partial charge in [-0.3, -0.25) is 4.79 Å². The Bertz CT molecular complexity index is 712. The number of nitrogens with zero attached hydrogens (tertiary/aromatic N) is 1. The molecule has 7 heteroatoms. The molecule has 0 aliphatic rings. The quantitative estimate of drug-likeness (QED) is 0.662. The Morgan fingerprint density at radius 2 is 1.78 bits per heavy atom. The lowest BCUT2D eigenvalue weighted by atomic mass is 10.1. The fourth-order valence-electron chi connectivity index (χ4n) is 1.87. The van der Waals surface area contributed by atoms with Crippen molar-refractivity contribution in [3.05, 3.63) is 70.2 Å². The Morgan fingerprint density at radius 1 is 1.13 bits per heavy atom. The van der Waals surface area contributed by atoms with Gasteiger partial charge >= 0.3 is 6.18 Å². The van der Waals surface area contributed by atoms with Crippen molar-refractivity contribution in [3.8, 4) is 0 Å². The maximum atomic E-state index is 12.8. The van der Waals surface area contributed by atoms with Crippen LogP contribution < -0.4 is 5.43 Å². The Hall–Kier alpha value is -2.34. The first kappa shape index (κ1) is 17.0. The molecule has 0 saturated carbocycles. The van der Waals surface area contributed by atoms with Crippen molar-refractivity contribution in [2.45, 2.75) is 12.6 Å². The van der Waals surface area contributed by atoms with Crippen LogP contribution in [0.15, 0.2) is 53.6 Å². The third kappa shape index (κ3) is 5.10. The van der Waals surface area contributed by atoms with Gasteiger partial charge < -0.3 is 0 Å². The van der Waals surface area contributed by atoms with Crippen molar-refractivity contribution in [3.63, 3.8) is 0 Å². The fourth-order valence-corrected chi connectivity index (χ4v) is 1.99. The summed E-state index contributed by atoms with van der Waals surface area (Å²) in [6.07, 6.45) is -3.45. The summed E-state index contributed by atoms with van der Waals surface area (Å²) in [5.41, 5.74) is 2.00. The first-order valence-electron chi connectivity index (χ1n) is 6.59. The number of alkyl halides is 3. The molecule has 0 saturated heterocycles. The van der Waals surface area contributed by atoms with E-state index in [2.05, 4.69) is 10.5 Å². The smallest absolute Gasteiger partial charge is 0.273 e. The molecule has 0 spiro atoms. The minimum atomic E-state index is -4.48. The largest absolute Gasteiger partial charge is 0.417 e. The summed E-state index contributed by atoms with van der Waals surface area (Å²) in [6, 6.07) is 11.6. The van der Waals surface area contributed by atoms with E-state index < -0.39 is 17.6 Å². The summed E-state index contributed by atoms with van der Waals surface area (Å²) >= 11 is 5.74. The predicted molar refractivity (Wildman–Crippen MR) is 82.3 cm³/mol. The van der Waals surface area contributed by atoms with Gasteiger partial charge in [0.15, 0.2) is 0 Å². The lowest BCUT2D eigenvalue weighted by Gasteiger charge is -2.09. The van der Waals surface area contributed by atoms with Crippen molar-refractivity contribution in [2.24, 2.45) is 5.10 Å². The van der Waals surface area contributed by atoms with Crippen LogP contribution in [0.5, 0.6) is 0 Å². The molecule has 0 radical (unpaired) electrons. The zero-order valence-corrected chi connectivity index (χ0v) is 12.5. The van der Waals surface area contributed by atoms with E-state index in [9.17, 15) is 18.0 Å². The standard InChI is InChI=1S/C16H12ClF3N2O/c17-13-7-5-11(6-8-13)9-15(23)22-21-10-12-3-1-2-4-14(12)16(18,19)20/h1-8,10H,9H2,(H,22,23). The number of hydrogen-bond acceptors (Lipinski definition) is 2.